The average Bonchev–Trinajstić information content (AvgIpc) is 2.25. The molecular formula is C9H11N3O3. The fourth-order valence-corrected chi connectivity index (χ4v) is 0.945. The van der Waals surface area contributed by atoms with Gasteiger partial charge in [-0.15, -0.1) is 0 Å². The van der Waals surface area contributed by atoms with Crippen molar-refractivity contribution in [1.29, 1.82) is 0 Å². The monoisotopic (exact) mass is 209 g/mol. The van der Waals surface area contributed by atoms with Crippen molar-refractivity contribution < 1.29 is 14.7 Å². The van der Waals surface area contributed by atoms with E-state index in [4.69, 9.17) is 5.11 Å². The molecule has 15 heavy (non-hydrogen) atoms. The van der Waals surface area contributed by atoms with E-state index in [2.05, 4.69) is 15.6 Å². The molecule has 0 atom stereocenters. The van der Waals surface area contributed by atoms with Gasteiger partial charge in [0.2, 0.25) is 0 Å². The number of nitrogens with zero attached hydrogens (tertiary/aromatic N) is 1. The average molecular weight is 209 g/mol. The van der Waals surface area contributed by atoms with E-state index < -0.39 is 6.09 Å². The van der Waals surface area contributed by atoms with Crippen molar-refractivity contribution in [3.63, 3.8) is 0 Å². The number of carbonyl (C=O) groups excluding carboxylic acids is 1. The molecule has 2 amide bonds. The maximum absolute atomic E-state index is 11.4. The molecule has 80 valence electrons. The molecule has 0 aliphatic rings. The van der Waals surface area contributed by atoms with Gasteiger partial charge in [-0.2, -0.15) is 0 Å². The fraction of sp³-hybridized carbons (Fsp3) is 0.222. The van der Waals surface area contributed by atoms with E-state index in [0.717, 1.165) is 0 Å². The molecule has 0 aromatic carbocycles. The van der Waals surface area contributed by atoms with E-state index in [9.17, 15) is 9.59 Å². The summed E-state index contributed by atoms with van der Waals surface area (Å²) in [6.45, 7) is 0.432. The molecule has 0 aliphatic carbocycles. The van der Waals surface area contributed by atoms with Gasteiger partial charge in [-0.05, 0) is 12.1 Å². The topological polar surface area (TPSA) is 91.3 Å². The van der Waals surface area contributed by atoms with Crippen LogP contribution >= 0.6 is 0 Å². The van der Waals surface area contributed by atoms with Gasteiger partial charge in [0.05, 0.1) is 5.56 Å². The van der Waals surface area contributed by atoms with Gasteiger partial charge in [0.25, 0.3) is 5.91 Å². The first-order valence-electron chi connectivity index (χ1n) is 4.35. The minimum absolute atomic E-state index is 0.182. The minimum atomic E-state index is -1.11. The third kappa shape index (κ3) is 4.08. The number of hydrogen-bond donors (Lipinski definition) is 3. The van der Waals surface area contributed by atoms with Crippen molar-refractivity contribution in [2.75, 3.05) is 13.1 Å². The maximum Gasteiger partial charge on any atom is 0.404 e. The van der Waals surface area contributed by atoms with Crippen molar-refractivity contribution in [3.8, 4) is 0 Å². The number of rotatable bonds is 4. The summed E-state index contributed by atoms with van der Waals surface area (Å²) < 4.78 is 0. The van der Waals surface area contributed by atoms with Crippen LogP contribution in [0.1, 0.15) is 10.4 Å². The highest BCUT2D eigenvalue weighted by atomic mass is 16.4. The van der Waals surface area contributed by atoms with Crippen LogP contribution in [-0.2, 0) is 0 Å². The maximum atomic E-state index is 11.4. The van der Waals surface area contributed by atoms with Crippen LogP contribution in [0.3, 0.4) is 0 Å². The number of carbonyl (C=O) groups is 2. The third-order valence-corrected chi connectivity index (χ3v) is 1.61. The molecule has 1 rings (SSSR count). The van der Waals surface area contributed by atoms with Gasteiger partial charge in [0.1, 0.15) is 0 Å². The van der Waals surface area contributed by atoms with Gasteiger partial charge < -0.3 is 15.7 Å². The fourth-order valence-electron chi connectivity index (χ4n) is 0.945. The molecule has 1 aromatic heterocycles. The zero-order valence-corrected chi connectivity index (χ0v) is 7.93. The largest absolute Gasteiger partial charge is 0.465 e. The summed E-state index contributed by atoms with van der Waals surface area (Å²) in [5.41, 5.74) is 0.452. The molecule has 0 spiro atoms. The van der Waals surface area contributed by atoms with E-state index in [0.29, 0.717) is 5.56 Å². The Balaban J connectivity index is 2.28. The molecular weight excluding hydrogens is 198 g/mol. The van der Waals surface area contributed by atoms with Crippen LogP contribution in [0, 0.1) is 0 Å². The molecule has 0 bridgehead atoms. The summed E-state index contributed by atoms with van der Waals surface area (Å²) in [6.07, 6.45) is 1.91. The quantitative estimate of drug-likeness (QED) is 0.612. The van der Waals surface area contributed by atoms with E-state index in [-0.39, 0.29) is 19.0 Å². The molecule has 6 heteroatoms. The van der Waals surface area contributed by atoms with Gasteiger partial charge >= 0.3 is 6.09 Å². The summed E-state index contributed by atoms with van der Waals surface area (Å²) >= 11 is 0. The lowest BCUT2D eigenvalue weighted by molar-refractivity contribution is 0.0953. The molecule has 0 unspecified atom stereocenters. The summed E-state index contributed by atoms with van der Waals surface area (Å²) in [4.78, 5) is 25.2. The van der Waals surface area contributed by atoms with Crippen molar-refractivity contribution >= 4 is 12.0 Å². The first kappa shape index (κ1) is 11.0. The zero-order valence-electron chi connectivity index (χ0n) is 7.93. The highest BCUT2D eigenvalue weighted by molar-refractivity contribution is 5.93. The second-order valence-corrected chi connectivity index (χ2v) is 2.73. The summed E-state index contributed by atoms with van der Waals surface area (Å²) in [6, 6.07) is 3.29. The number of hydrogen-bond acceptors (Lipinski definition) is 3. The van der Waals surface area contributed by atoms with E-state index in [1.54, 1.807) is 18.3 Å². The smallest absolute Gasteiger partial charge is 0.404 e. The first-order valence-corrected chi connectivity index (χ1v) is 4.35. The molecule has 0 saturated carbocycles. The Morgan fingerprint density at radius 1 is 1.33 bits per heavy atom. The van der Waals surface area contributed by atoms with Crippen molar-refractivity contribution in [3.05, 3.63) is 30.1 Å². The SMILES string of the molecule is O=C(O)NCCNC(=O)c1cccnc1. The molecule has 1 aromatic rings. The van der Waals surface area contributed by atoms with Crippen molar-refractivity contribution in [1.82, 2.24) is 15.6 Å². The Morgan fingerprint density at radius 3 is 2.67 bits per heavy atom. The molecule has 6 nitrogen and oxygen atoms in total. The Labute approximate surface area is 86.3 Å². The Kier molecular flexibility index (Phi) is 4.08. The standard InChI is InChI=1S/C9H11N3O3/c13-8(7-2-1-3-10-6-7)11-4-5-12-9(14)15/h1-3,6,12H,4-5H2,(H,11,13)(H,14,15). The Morgan fingerprint density at radius 2 is 2.07 bits per heavy atom. The predicted molar refractivity (Wildman–Crippen MR) is 52.6 cm³/mol. The van der Waals surface area contributed by atoms with Gasteiger partial charge in [-0.1, -0.05) is 0 Å². The number of nitrogens with one attached hydrogen (secondary N) is 2. The lowest BCUT2D eigenvalue weighted by atomic mass is 10.3. The van der Waals surface area contributed by atoms with Crippen LogP contribution in [0.4, 0.5) is 4.79 Å². The Hall–Kier alpha value is -2.11. The molecule has 0 aliphatic heterocycles. The molecule has 0 fully saturated rings. The molecule has 0 radical (unpaired) electrons. The van der Waals surface area contributed by atoms with Crippen molar-refractivity contribution in [2.45, 2.75) is 0 Å². The van der Waals surface area contributed by atoms with Crippen LogP contribution in [0.15, 0.2) is 24.5 Å². The normalized spacial score (nSPS) is 9.33. The van der Waals surface area contributed by atoms with E-state index in [1.807, 2.05) is 0 Å². The highest BCUT2D eigenvalue weighted by Crippen LogP contribution is 1.93. The minimum Gasteiger partial charge on any atom is -0.465 e. The van der Waals surface area contributed by atoms with Gasteiger partial charge in [-0.25, -0.2) is 4.79 Å². The first-order chi connectivity index (χ1) is 7.20. The summed E-state index contributed by atoms with van der Waals surface area (Å²) in [5, 5.41) is 13.0. The number of aromatic nitrogens is 1. The lowest BCUT2D eigenvalue weighted by Crippen LogP contribution is -2.33. The zero-order chi connectivity index (χ0) is 11.1. The van der Waals surface area contributed by atoms with E-state index >= 15 is 0 Å². The van der Waals surface area contributed by atoms with Gasteiger partial charge in [0.15, 0.2) is 0 Å². The molecule has 0 saturated heterocycles. The van der Waals surface area contributed by atoms with Crippen molar-refractivity contribution in [2.24, 2.45) is 0 Å². The second kappa shape index (κ2) is 5.58. The number of pyridine rings is 1. The molecule has 3 N–H and O–H groups in total. The number of amides is 2. The lowest BCUT2D eigenvalue weighted by Gasteiger charge is -2.04. The van der Waals surface area contributed by atoms with Crippen LogP contribution in [0.5, 0.6) is 0 Å². The summed E-state index contributed by atoms with van der Waals surface area (Å²) in [7, 11) is 0. The number of carboxylic acid groups (broad SMARTS) is 1. The third-order valence-electron chi connectivity index (χ3n) is 1.61. The van der Waals surface area contributed by atoms with E-state index in [1.165, 1.54) is 6.20 Å². The Bertz CT molecular complexity index is 340. The van der Waals surface area contributed by atoms with Gasteiger partial charge in [0, 0.05) is 25.5 Å². The second-order valence-electron chi connectivity index (χ2n) is 2.73. The molecule has 1 heterocycles. The predicted octanol–water partition coefficient (Wildman–Crippen LogP) is 0.0790. The van der Waals surface area contributed by atoms with Crippen LogP contribution < -0.4 is 10.6 Å². The van der Waals surface area contributed by atoms with Crippen LogP contribution in [0.2, 0.25) is 0 Å². The van der Waals surface area contributed by atoms with Gasteiger partial charge in [-0.3, -0.25) is 9.78 Å². The van der Waals surface area contributed by atoms with Crippen LogP contribution in [-0.4, -0.2) is 35.2 Å². The highest BCUT2D eigenvalue weighted by Gasteiger charge is 2.03. The summed E-state index contributed by atoms with van der Waals surface area (Å²) in [5.74, 6) is -0.268. The van der Waals surface area contributed by atoms with Crippen LogP contribution in [0.25, 0.3) is 0 Å².